The lowest BCUT2D eigenvalue weighted by Crippen LogP contribution is -2.25. The highest BCUT2D eigenvalue weighted by Crippen LogP contribution is 2.41. The molecule has 0 aromatic carbocycles. The SMILES string of the molecule is FC(F)(F)CCCCCSc1nsnc1C1CN2CCCC1C2. The highest BCUT2D eigenvalue weighted by Gasteiger charge is 2.38. The minimum Gasteiger partial charge on any atom is -0.302 e. The first-order valence-electron chi connectivity index (χ1n) is 8.27. The molecule has 0 N–H and O–H groups in total. The zero-order chi connectivity index (χ0) is 16.3. The van der Waals surface area contributed by atoms with E-state index in [0.717, 1.165) is 29.4 Å². The second-order valence-corrected chi connectivity index (χ2v) is 8.11. The lowest BCUT2D eigenvalue weighted by molar-refractivity contribution is -0.135. The fourth-order valence-corrected chi connectivity index (χ4v) is 5.38. The summed E-state index contributed by atoms with van der Waals surface area (Å²) in [4.78, 5) is 2.52. The van der Waals surface area contributed by atoms with Crippen LogP contribution in [0, 0.1) is 5.92 Å². The summed E-state index contributed by atoms with van der Waals surface area (Å²) in [5.41, 5.74) is 1.14. The molecule has 0 amide bonds. The topological polar surface area (TPSA) is 29.0 Å². The predicted molar refractivity (Wildman–Crippen MR) is 87.1 cm³/mol. The van der Waals surface area contributed by atoms with Crippen LogP contribution in [0.1, 0.15) is 50.1 Å². The number of rotatable bonds is 7. The Hall–Kier alpha value is -0.340. The van der Waals surface area contributed by atoms with Gasteiger partial charge in [0.15, 0.2) is 0 Å². The van der Waals surface area contributed by atoms with Crippen molar-refractivity contribution < 1.29 is 13.2 Å². The average molecular weight is 365 g/mol. The summed E-state index contributed by atoms with van der Waals surface area (Å²) in [6.07, 6.45) is -0.473. The molecule has 3 atom stereocenters. The smallest absolute Gasteiger partial charge is 0.302 e. The maximum atomic E-state index is 12.1. The third kappa shape index (κ3) is 4.82. The summed E-state index contributed by atoms with van der Waals surface area (Å²) >= 11 is 2.94. The fraction of sp³-hybridized carbons (Fsp3) is 0.867. The maximum absolute atomic E-state index is 12.1. The van der Waals surface area contributed by atoms with Crippen LogP contribution in [-0.4, -0.2) is 45.2 Å². The van der Waals surface area contributed by atoms with Crippen LogP contribution in [0.15, 0.2) is 5.03 Å². The van der Waals surface area contributed by atoms with Crippen molar-refractivity contribution in [2.24, 2.45) is 5.92 Å². The van der Waals surface area contributed by atoms with Gasteiger partial charge in [0.1, 0.15) is 5.03 Å². The van der Waals surface area contributed by atoms with Gasteiger partial charge in [0.25, 0.3) is 0 Å². The molecule has 8 heteroatoms. The third-order valence-electron chi connectivity index (χ3n) is 4.74. The Morgan fingerprint density at radius 1 is 1.17 bits per heavy atom. The largest absolute Gasteiger partial charge is 0.389 e. The zero-order valence-corrected chi connectivity index (χ0v) is 14.7. The monoisotopic (exact) mass is 365 g/mol. The summed E-state index contributed by atoms with van der Waals surface area (Å²) in [7, 11) is 0. The first kappa shape index (κ1) is 17.5. The molecule has 2 saturated heterocycles. The van der Waals surface area contributed by atoms with Gasteiger partial charge in [-0.25, -0.2) is 0 Å². The lowest BCUT2D eigenvalue weighted by Gasteiger charge is -2.21. The molecule has 3 heterocycles. The summed E-state index contributed by atoms with van der Waals surface area (Å²) in [5.74, 6) is 2.04. The number of fused-ring (bicyclic) bond motifs is 2. The fourth-order valence-electron chi connectivity index (χ4n) is 3.61. The minimum atomic E-state index is -4.02. The van der Waals surface area contributed by atoms with E-state index >= 15 is 0 Å². The summed E-state index contributed by atoms with van der Waals surface area (Å²) in [5, 5.41) is 1.02. The van der Waals surface area contributed by atoms with Crippen molar-refractivity contribution in [3.63, 3.8) is 0 Å². The Morgan fingerprint density at radius 3 is 2.83 bits per heavy atom. The number of thioether (sulfide) groups is 1. The van der Waals surface area contributed by atoms with E-state index in [2.05, 4.69) is 13.6 Å². The van der Waals surface area contributed by atoms with E-state index in [1.807, 2.05) is 0 Å². The number of halogens is 3. The molecule has 2 aliphatic heterocycles. The molecular formula is C15H22F3N3S2. The van der Waals surface area contributed by atoms with E-state index < -0.39 is 12.6 Å². The number of hydrogen-bond donors (Lipinski definition) is 0. The van der Waals surface area contributed by atoms with Crippen molar-refractivity contribution in [2.45, 2.75) is 55.6 Å². The lowest BCUT2D eigenvalue weighted by atomic mass is 9.89. The highest BCUT2D eigenvalue weighted by molar-refractivity contribution is 7.99. The van der Waals surface area contributed by atoms with E-state index in [1.165, 1.54) is 37.7 Å². The summed E-state index contributed by atoms with van der Waals surface area (Å²) < 4.78 is 45.3. The van der Waals surface area contributed by atoms with Crippen molar-refractivity contribution in [1.82, 2.24) is 13.6 Å². The molecule has 0 saturated carbocycles. The van der Waals surface area contributed by atoms with Gasteiger partial charge in [-0.15, -0.1) is 11.8 Å². The van der Waals surface area contributed by atoms with Crippen LogP contribution < -0.4 is 0 Å². The second kappa shape index (κ2) is 7.70. The molecule has 3 unspecified atom stereocenters. The molecule has 2 bridgehead atoms. The zero-order valence-electron chi connectivity index (χ0n) is 13.0. The first-order chi connectivity index (χ1) is 11.0. The normalized spacial score (nSPS) is 27.5. The number of aromatic nitrogens is 2. The van der Waals surface area contributed by atoms with Crippen LogP contribution in [0.25, 0.3) is 0 Å². The van der Waals surface area contributed by atoms with E-state index in [4.69, 9.17) is 0 Å². The Bertz CT molecular complexity index is 506. The van der Waals surface area contributed by atoms with Gasteiger partial charge in [0.2, 0.25) is 0 Å². The molecule has 0 aliphatic carbocycles. The van der Waals surface area contributed by atoms with Crippen LogP contribution >= 0.6 is 23.5 Å². The molecule has 1 aromatic rings. The minimum absolute atomic E-state index is 0.228. The Morgan fingerprint density at radius 2 is 2.04 bits per heavy atom. The quantitative estimate of drug-likeness (QED) is 0.523. The van der Waals surface area contributed by atoms with Crippen molar-refractivity contribution in [3.05, 3.63) is 5.69 Å². The number of piperidine rings is 1. The molecule has 1 aromatic heterocycles. The average Bonchev–Trinajstić information content (AvgIpc) is 3.06. The molecule has 2 fully saturated rings. The van der Waals surface area contributed by atoms with Gasteiger partial charge in [0, 0.05) is 25.4 Å². The number of nitrogens with zero attached hydrogens (tertiary/aromatic N) is 3. The van der Waals surface area contributed by atoms with E-state index in [1.54, 1.807) is 11.8 Å². The van der Waals surface area contributed by atoms with Gasteiger partial charge in [-0.05, 0) is 43.9 Å². The number of hydrogen-bond acceptors (Lipinski definition) is 5. The predicted octanol–water partition coefficient (Wildman–Crippen LogP) is 4.56. The van der Waals surface area contributed by atoms with Crippen LogP contribution in [0.4, 0.5) is 13.2 Å². The van der Waals surface area contributed by atoms with Crippen LogP contribution in [0.5, 0.6) is 0 Å². The first-order valence-corrected chi connectivity index (χ1v) is 9.99. The van der Waals surface area contributed by atoms with Gasteiger partial charge < -0.3 is 4.90 Å². The highest BCUT2D eigenvalue weighted by atomic mass is 32.2. The molecule has 3 nitrogen and oxygen atoms in total. The molecule has 0 radical (unpaired) electrons. The molecule has 23 heavy (non-hydrogen) atoms. The molecule has 130 valence electrons. The number of unbranched alkanes of at least 4 members (excludes halogenated alkanes) is 2. The van der Waals surface area contributed by atoms with Crippen LogP contribution in [0.3, 0.4) is 0 Å². The van der Waals surface area contributed by atoms with Crippen molar-refractivity contribution in [2.75, 3.05) is 25.4 Å². The van der Waals surface area contributed by atoms with Gasteiger partial charge >= 0.3 is 6.18 Å². The summed E-state index contributed by atoms with van der Waals surface area (Å²) in [6.45, 7) is 3.48. The molecule has 2 aliphatic rings. The van der Waals surface area contributed by atoms with Gasteiger partial charge in [-0.3, -0.25) is 0 Å². The van der Waals surface area contributed by atoms with Crippen LogP contribution in [0.2, 0.25) is 0 Å². The molecule has 3 rings (SSSR count). The van der Waals surface area contributed by atoms with Gasteiger partial charge in [-0.1, -0.05) is 6.42 Å². The van der Waals surface area contributed by atoms with E-state index in [0.29, 0.717) is 18.3 Å². The Labute approximate surface area is 143 Å². The standard InChI is InChI=1S/C15H22F3N3S2/c16-15(17,18)6-2-1-3-8-22-14-13(19-23-20-14)12-10-21-7-4-5-11(12)9-21/h11-12H,1-10H2. The Balaban J connectivity index is 1.44. The Kier molecular flexibility index (Phi) is 5.85. The summed E-state index contributed by atoms with van der Waals surface area (Å²) in [6, 6.07) is 0. The maximum Gasteiger partial charge on any atom is 0.389 e. The number of alkyl halides is 3. The molecule has 0 spiro atoms. The van der Waals surface area contributed by atoms with Crippen molar-refractivity contribution >= 4 is 23.5 Å². The van der Waals surface area contributed by atoms with E-state index in [-0.39, 0.29) is 6.42 Å². The third-order valence-corrected chi connectivity index (χ3v) is 6.47. The van der Waals surface area contributed by atoms with Crippen LogP contribution in [-0.2, 0) is 0 Å². The van der Waals surface area contributed by atoms with Gasteiger partial charge in [-0.2, -0.15) is 21.9 Å². The second-order valence-electron chi connectivity index (χ2n) is 6.50. The van der Waals surface area contributed by atoms with Crippen molar-refractivity contribution in [1.29, 1.82) is 0 Å². The van der Waals surface area contributed by atoms with Crippen molar-refractivity contribution in [3.8, 4) is 0 Å². The van der Waals surface area contributed by atoms with E-state index in [9.17, 15) is 13.2 Å². The van der Waals surface area contributed by atoms with Gasteiger partial charge in [0.05, 0.1) is 17.4 Å². The molecular weight excluding hydrogens is 343 g/mol.